The fourth-order valence-electron chi connectivity index (χ4n) is 3.07. The van der Waals surface area contributed by atoms with Crippen molar-refractivity contribution in [3.05, 3.63) is 35.9 Å². The molecule has 0 unspecified atom stereocenters. The quantitative estimate of drug-likeness (QED) is 0.822. The lowest BCUT2D eigenvalue weighted by Crippen LogP contribution is -2.45. The molecule has 0 heterocycles. The zero-order chi connectivity index (χ0) is 14.5. The van der Waals surface area contributed by atoms with Gasteiger partial charge in [0, 0.05) is 13.2 Å². The van der Waals surface area contributed by atoms with E-state index in [1.165, 1.54) is 18.4 Å². The standard InChI is InChI=1S/C17H25NO2/c1-13(15-9-5-4-6-10-15)18(16-11-7-8-12-16)17(19)14(2)20-3/h4-6,9-10,13-14,16H,7-8,11-12H2,1-3H3/t13-,14+/m0/s1. The number of rotatable bonds is 5. The fraction of sp³-hybridized carbons (Fsp3) is 0.588. The average Bonchev–Trinajstić information content (AvgIpc) is 3.01. The highest BCUT2D eigenvalue weighted by Crippen LogP contribution is 2.31. The lowest BCUT2D eigenvalue weighted by Gasteiger charge is -2.36. The molecule has 110 valence electrons. The van der Waals surface area contributed by atoms with Gasteiger partial charge in [0.2, 0.25) is 0 Å². The van der Waals surface area contributed by atoms with Gasteiger partial charge in [0.25, 0.3) is 5.91 Å². The minimum Gasteiger partial charge on any atom is -0.372 e. The smallest absolute Gasteiger partial charge is 0.252 e. The van der Waals surface area contributed by atoms with Gasteiger partial charge in [-0.1, -0.05) is 43.2 Å². The van der Waals surface area contributed by atoms with Gasteiger partial charge in [0.1, 0.15) is 6.10 Å². The minimum atomic E-state index is -0.373. The fourth-order valence-corrected chi connectivity index (χ4v) is 3.07. The van der Waals surface area contributed by atoms with Crippen LogP contribution in [-0.2, 0) is 9.53 Å². The summed E-state index contributed by atoms with van der Waals surface area (Å²) in [5.74, 6) is 0.107. The van der Waals surface area contributed by atoms with Crippen LogP contribution < -0.4 is 0 Å². The topological polar surface area (TPSA) is 29.5 Å². The number of hydrogen-bond donors (Lipinski definition) is 0. The van der Waals surface area contributed by atoms with E-state index in [-0.39, 0.29) is 18.1 Å². The van der Waals surface area contributed by atoms with Crippen LogP contribution in [0.5, 0.6) is 0 Å². The molecule has 20 heavy (non-hydrogen) atoms. The van der Waals surface area contributed by atoms with Crippen LogP contribution in [0.25, 0.3) is 0 Å². The van der Waals surface area contributed by atoms with Gasteiger partial charge in [-0.3, -0.25) is 4.79 Å². The van der Waals surface area contributed by atoms with Crippen LogP contribution in [-0.4, -0.2) is 30.1 Å². The summed E-state index contributed by atoms with van der Waals surface area (Å²) in [6.07, 6.45) is 4.29. The molecule has 0 aromatic heterocycles. The van der Waals surface area contributed by atoms with Crippen LogP contribution in [0.15, 0.2) is 30.3 Å². The van der Waals surface area contributed by atoms with Crippen molar-refractivity contribution in [1.29, 1.82) is 0 Å². The van der Waals surface area contributed by atoms with E-state index in [0.29, 0.717) is 6.04 Å². The third-order valence-electron chi connectivity index (χ3n) is 4.37. The van der Waals surface area contributed by atoms with E-state index in [9.17, 15) is 4.79 Å². The molecule has 0 N–H and O–H groups in total. The second kappa shape index (κ2) is 6.89. The summed E-state index contributed by atoms with van der Waals surface area (Å²) in [7, 11) is 1.60. The van der Waals surface area contributed by atoms with Crippen molar-refractivity contribution >= 4 is 5.91 Å². The van der Waals surface area contributed by atoms with Crippen LogP contribution in [0, 0.1) is 0 Å². The van der Waals surface area contributed by atoms with Crippen LogP contribution in [0.1, 0.15) is 51.1 Å². The number of methoxy groups -OCH3 is 1. The Hall–Kier alpha value is -1.35. The zero-order valence-electron chi connectivity index (χ0n) is 12.7. The van der Waals surface area contributed by atoms with Gasteiger partial charge in [-0.15, -0.1) is 0 Å². The number of carbonyl (C=O) groups excluding carboxylic acids is 1. The summed E-state index contributed by atoms with van der Waals surface area (Å²) in [6.45, 7) is 3.95. The van der Waals surface area contributed by atoms with Gasteiger partial charge in [0.05, 0.1) is 6.04 Å². The number of carbonyl (C=O) groups is 1. The summed E-state index contributed by atoms with van der Waals surface area (Å²) in [4.78, 5) is 14.7. The Morgan fingerprint density at radius 2 is 1.80 bits per heavy atom. The van der Waals surface area contributed by atoms with Crippen molar-refractivity contribution in [3.63, 3.8) is 0 Å². The molecule has 1 aromatic rings. The minimum absolute atomic E-state index is 0.101. The number of ether oxygens (including phenoxy) is 1. The van der Waals surface area contributed by atoms with Gasteiger partial charge in [-0.25, -0.2) is 0 Å². The number of amides is 1. The maximum Gasteiger partial charge on any atom is 0.252 e. The van der Waals surface area contributed by atoms with E-state index in [1.807, 2.05) is 25.1 Å². The van der Waals surface area contributed by atoms with Gasteiger partial charge in [-0.05, 0) is 32.3 Å². The molecule has 1 aromatic carbocycles. The number of nitrogens with zero attached hydrogens (tertiary/aromatic N) is 1. The molecular weight excluding hydrogens is 250 g/mol. The lowest BCUT2D eigenvalue weighted by molar-refractivity contribution is -0.146. The molecule has 3 heteroatoms. The Morgan fingerprint density at radius 3 is 2.35 bits per heavy atom. The highest BCUT2D eigenvalue weighted by atomic mass is 16.5. The maximum absolute atomic E-state index is 12.7. The highest BCUT2D eigenvalue weighted by Gasteiger charge is 2.33. The Labute approximate surface area is 121 Å². The second-order valence-electron chi connectivity index (χ2n) is 5.65. The summed E-state index contributed by atoms with van der Waals surface area (Å²) >= 11 is 0. The molecule has 3 nitrogen and oxygen atoms in total. The Bertz CT molecular complexity index is 426. The molecule has 0 saturated heterocycles. The molecule has 0 bridgehead atoms. The molecule has 1 aliphatic rings. The first-order valence-corrected chi connectivity index (χ1v) is 7.55. The summed E-state index contributed by atoms with van der Waals surface area (Å²) in [5.41, 5.74) is 1.19. The molecule has 2 atom stereocenters. The van der Waals surface area contributed by atoms with Crippen molar-refractivity contribution in [2.24, 2.45) is 0 Å². The largest absolute Gasteiger partial charge is 0.372 e. The van der Waals surface area contributed by atoms with E-state index >= 15 is 0 Å². The normalized spacial score (nSPS) is 18.8. The molecule has 1 aliphatic carbocycles. The van der Waals surface area contributed by atoms with E-state index in [4.69, 9.17) is 4.74 Å². The zero-order valence-corrected chi connectivity index (χ0v) is 12.7. The van der Waals surface area contributed by atoms with Crippen LogP contribution in [0.3, 0.4) is 0 Å². The van der Waals surface area contributed by atoms with Crippen LogP contribution in [0.2, 0.25) is 0 Å². The van der Waals surface area contributed by atoms with Crippen molar-refractivity contribution in [2.45, 2.75) is 57.7 Å². The molecule has 0 radical (unpaired) electrons. The van der Waals surface area contributed by atoms with Crippen LogP contribution in [0.4, 0.5) is 0 Å². The molecule has 2 rings (SSSR count). The van der Waals surface area contributed by atoms with Crippen molar-refractivity contribution in [2.75, 3.05) is 7.11 Å². The third-order valence-corrected chi connectivity index (χ3v) is 4.37. The predicted molar refractivity (Wildman–Crippen MR) is 80.4 cm³/mol. The molecule has 1 amide bonds. The van der Waals surface area contributed by atoms with Gasteiger partial charge >= 0.3 is 0 Å². The SMILES string of the molecule is CO[C@H](C)C(=O)N(C1CCCC1)[C@@H](C)c1ccccc1. The Kier molecular flexibility index (Phi) is 5.18. The third kappa shape index (κ3) is 3.21. The van der Waals surface area contributed by atoms with Gasteiger partial charge in [0.15, 0.2) is 0 Å². The maximum atomic E-state index is 12.7. The summed E-state index contributed by atoms with van der Waals surface area (Å²) in [6, 6.07) is 10.7. The number of benzene rings is 1. The van der Waals surface area contributed by atoms with E-state index in [1.54, 1.807) is 7.11 Å². The first-order valence-electron chi connectivity index (χ1n) is 7.55. The summed E-state index contributed by atoms with van der Waals surface area (Å²) < 4.78 is 5.25. The molecule has 1 saturated carbocycles. The van der Waals surface area contributed by atoms with Crippen molar-refractivity contribution in [1.82, 2.24) is 4.90 Å². The van der Waals surface area contributed by atoms with Crippen LogP contribution >= 0.6 is 0 Å². The van der Waals surface area contributed by atoms with Crippen molar-refractivity contribution < 1.29 is 9.53 Å². The van der Waals surface area contributed by atoms with E-state index in [0.717, 1.165) is 12.8 Å². The monoisotopic (exact) mass is 275 g/mol. The Balaban J connectivity index is 2.23. The highest BCUT2D eigenvalue weighted by molar-refractivity contribution is 5.81. The van der Waals surface area contributed by atoms with E-state index < -0.39 is 0 Å². The van der Waals surface area contributed by atoms with Crippen molar-refractivity contribution in [3.8, 4) is 0 Å². The lowest BCUT2D eigenvalue weighted by atomic mass is 10.0. The molecular formula is C17H25NO2. The Morgan fingerprint density at radius 1 is 1.20 bits per heavy atom. The predicted octanol–water partition coefficient (Wildman–Crippen LogP) is 3.55. The summed E-state index contributed by atoms with van der Waals surface area (Å²) in [5, 5.41) is 0. The van der Waals surface area contributed by atoms with E-state index in [2.05, 4.69) is 24.0 Å². The first kappa shape index (κ1) is 15.0. The molecule has 0 spiro atoms. The second-order valence-corrected chi connectivity index (χ2v) is 5.65. The number of hydrogen-bond acceptors (Lipinski definition) is 2. The molecule has 0 aliphatic heterocycles. The average molecular weight is 275 g/mol. The van der Waals surface area contributed by atoms with Gasteiger partial charge in [-0.2, -0.15) is 0 Å². The van der Waals surface area contributed by atoms with Gasteiger partial charge < -0.3 is 9.64 Å². The molecule has 1 fully saturated rings. The first-order chi connectivity index (χ1) is 9.65.